The van der Waals surface area contributed by atoms with Crippen molar-refractivity contribution in [1.82, 2.24) is 4.90 Å². The lowest BCUT2D eigenvalue weighted by Crippen LogP contribution is -2.36. The maximum atomic E-state index is 10.4. The number of hydrogen-bond donors (Lipinski definition) is 1. The number of ether oxygens (including phenoxy) is 1. The number of aryl methyl sites for hydroxylation is 2. The van der Waals surface area contributed by atoms with Crippen molar-refractivity contribution in [3.8, 4) is 5.75 Å². The van der Waals surface area contributed by atoms with Gasteiger partial charge in [-0.1, -0.05) is 42.0 Å². The highest BCUT2D eigenvalue weighted by Gasteiger charge is 2.30. The fourth-order valence-electron chi connectivity index (χ4n) is 3.06. The Bertz CT molecular complexity index is 652. The second-order valence-electron chi connectivity index (χ2n) is 6.87. The highest BCUT2D eigenvalue weighted by Crippen LogP contribution is 2.29. The summed E-state index contributed by atoms with van der Waals surface area (Å²) < 4.78 is 5.68. The molecule has 3 heteroatoms. The molecular weight excluding hydrogens is 298 g/mol. The summed E-state index contributed by atoms with van der Waals surface area (Å²) >= 11 is 0. The van der Waals surface area contributed by atoms with E-state index in [0.717, 1.165) is 12.3 Å². The third-order valence-electron chi connectivity index (χ3n) is 4.57. The highest BCUT2D eigenvalue weighted by atomic mass is 16.5. The minimum atomic E-state index is -0.475. The van der Waals surface area contributed by atoms with Gasteiger partial charge in [0.05, 0.1) is 0 Å². The van der Waals surface area contributed by atoms with E-state index in [0.29, 0.717) is 19.2 Å². The molecule has 0 bridgehead atoms. The Morgan fingerprint density at radius 3 is 2.54 bits per heavy atom. The number of aliphatic hydroxyl groups excluding tert-OH is 1. The molecule has 128 valence electrons. The topological polar surface area (TPSA) is 32.7 Å². The quantitative estimate of drug-likeness (QED) is 0.803. The molecule has 3 rings (SSSR count). The van der Waals surface area contributed by atoms with Gasteiger partial charge in [0, 0.05) is 19.1 Å². The summed E-state index contributed by atoms with van der Waals surface area (Å²) in [5, 5.41) is 10.4. The smallest absolute Gasteiger partial charge is 0.119 e. The van der Waals surface area contributed by atoms with Crippen molar-refractivity contribution in [3.63, 3.8) is 0 Å². The third-order valence-corrected chi connectivity index (χ3v) is 4.57. The number of para-hydroxylation sites is 1. The molecule has 0 spiro atoms. The molecule has 1 aliphatic rings. The van der Waals surface area contributed by atoms with Gasteiger partial charge in [0.25, 0.3) is 0 Å². The number of rotatable bonds is 8. The van der Waals surface area contributed by atoms with E-state index in [1.54, 1.807) is 0 Å². The van der Waals surface area contributed by atoms with Gasteiger partial charge in [-0.2, -0.15) is 0 Å². The first-order chi connectivity index (χ1) is 11.6. The van der Waals surface area contributed by atoms with Crippen molar-refractivity contribution in [3.05, 3.63) is 65.2 Å². The van der Waals surface area contributed by atoms with Gasteiger partial charge in [0.2, 0.25) is 0 Å². The number of hydrogen-bond acceptors (Lipinski definition) is 3. The van der Waals surface area contributed by atoms with E-state index in [4.69, 9.17) is 4.74 Å². The molecule has 1 unspecified atom stereocenters. The van der Waals surface area contributed by atoms with Gasteiger partial charge in [0.15, 0.2) is 0 Å². The lowest BCUT2D eigenvalue weighted by Gasteiger charge is -2.26. The molecule has 2 aromatic rings. The summed E-state index contributed by atoms with van der Waals surface area (Å²) in [6.07, 6.45) is 1.99. The van der Waals surface area contributed by atoms with Gasteiger partial charge in [-0.15, -0.1) is 0 Å². The molecule has 1 aliphatic carbocycles. The fourth-order valence-corrected chi connectivity index (χ4v) is 3.06. The zero-order valence-corrected chi connectivity index (χ0v) is 14.6. The Labute approximate surface area is 144 Å². The molecule has 0 aromatic heterocycles. The van der Waals surface area contributed by atoms with Crippen LogP contribution in [0, 0.1) is 13.8 Å². The second kappa shape index (κ2) is 7.82. The highest BCUT2D eigenvalue weighted by molar-refractivity contribution is 5.30. The van der Waals surface area contributed by atoms with Crippen LogP contribution in [0.3, 0.4) is 0 Å². The van der Waals surface area contributed by atoms with Crippen molar-refractivity contribution >= 4 is 0 Å². The summed E-state index contributed by atoms with van der Waals surface area (Å²) in [5.74, 6) is 0.809. The van der Waals surface area contributed by atoms with Crippen molar-refractivity contribution < 1.29 is 9.84 Å². The monoisotopic (exact) mass is 325 g/mol. The number of nitrogens with zero attached hydrogens (tertiary/aromatic N) is 1. The van der Waals surface area contributed by atoms with Crippen LogP contribution in [0.15, 0.2) is 48.5 Å². The Morgan fingerprint density at radius 1 is 1.12 bits per heavy atom. The summed E-state index contributed by atoms with van der Waals surface area (Å²) in [7, 11) is 0. The van der Waals surface area contributed by atoms with Gasteiger partial charge in [-0.05, 0) is 49.9 Å². The van der Waals surface area contributed by atoms with Crippen LogP contribution in [0.25, 0.3) is 0 Å². The predicted octanol–water partition coefficient (Wildman–Crippen LogP) is 3.71. The summed E-state index contributed by atoms with van der Waals surface area (Å²) in [6.45, 7) is 6.19. The average molecular weight is 325 g/mol. The van der Waals surface area contributed by atoms with Crippen LogP contribution in [0.5, 0.6) is 5.75 Å². The van der Waals surface area contributed by atoms with E-state index in [-0.39, 0.29) is 0 Å². The van der Waals surface area contributed by atoms with Crippen LogP contribution < -0.4 is 4.74 Å². The molecule has 2 aromatic carbocycles. The predicted molar refractivity (Wildman–Crippen MR) is 97.3 cm³/mol. The molecule has 3 nitrogen and oxygen atoms in total. The first-order valence-electron chi connectivity index (χ1n) is 8.78. The maximum absolute atomic E-state index is 10.4. The summed E-state index contributed by atoms with van der Waals surface area (Å²) in [6, 6.07) is 16.9. The van der Waals surface area contributed by atoms with Crippen molar-refractivity contribution in [2.75, 3.05) is 13.2 Å². The Balaban J connectivity index is 1.55. The SMILES string of the molecule is Cc1ccc(CN(CC(O)COc2ccccc2)C2CC2)c(C)c1. The van der Waals surface area contributed by atoms with Crippen molar-refractivity contribution in [1.29, 1.82) is 0 Å². The fraction of sp³-hybridized carbons (Fsp3) is 0.429. The standard InChI is InChI=1S/C21H27NO2/c1-16-8-9-18(17(2)12-16)13-22(19-10-11-19)14-20(23)15-24-21-6-4-3-5-7-21/h3-9,12,19-20,23H,10-11,13-15H2,1-2H3. The molecule has 0 radical (unpaired) electrons. The van der Waals surface area contributed by atoms with Crippen LogP contribution >= 0.6 is 0 Å². The lowest BCUT2D eigenvalue weighted by molar-refractivity contribution is 0.0626. The average Bonchev–Trinajstić information content (AvgIpc) is 3.40. The van der Waals surface area contributed by atoms with E-state index in [1.165, 1.54) is 29.5 Å². The van der Waals surface area contributed by atoms with Crippen LogP contribution in [-0.4, -0.2) is 35.3 Å². The second-order valence-corrected chi connectivity index (χ2v) is 6.87. The van der Waals surface area contributed by atoms with E-state index >= 15 is 0 Å². The Kier molecular flexibility index (Phi) is 5.54. The largest absolute Gasteiger partial charge is 0.491 e. The Morgan fingerprint density at radius 2 is 1.88 bits per heavy atom. The van der Waals surface area contributed by atoms with Gasteiger partial charge < -0.3 is 9.84 Å². The molecule has 0 amide bonds. The van der Waals surface area contributed by atoms with Gasteiger partial charge in [-0.25, -0.2) is 0 Å². The van der Waals surface area contributed by atoms with Crippen LogP contribution in [0.4, 0.5) is 0 Å². The maximum Gasteiger partial charge on any atom is 0.119 e. The van der Waals surface area contributed by atoms with Crippen LogP contribution in [0.1, 0.15) is 29.5 Å². The molecular formula is C21H27NO2. The molecule has 1 N–H and O–H groups in total. The summed E-state index contributed by atoms with van der Waals surface area (Å²) in [4.78, 5) is 2.40. The molecule has 1 atom stereocenters. The number of aliphatic hydroxyl groups is 1. The molecule has 24 heavy (non-hydrogen) atoms. The van der Waals surface area contributed by atoms with E-state index in [1.807, 2.05) is 30.3 Å². The van der Waals surface area contributed by atoms with Crippen molar-refractivity contribution in [2.45, 2.75) is 45.4 Å². The van der Waals surface area contributed by atoms with E-state index in [2.05, 4.69) is 36.9 Å². The van der Waals surface area contributed by atoms with Gasteiger partial charge in [0.1, 0.15) is 18.5 Å². The normalized spacial score (nSPS) is 15.5. The van der Waals surface area contributed by atoms with Gasteiger partial charge >= 0.3 is 0 Å². The molecule has 0 saturated heterocycles. The van der Waals surface area contributed by atoms with Crippen LogP contribution in [-0.2, 0) is 6.54 Å². The lowest BCUT2D eigenvalue weighted by atomic mass is 10.1. The van der Waals surface area contributed by atoms with Crippen LogP contribution in [0.2, 0.25) is 0 Å². The minimum absolute atomic E-state index is 0.333. The molecule has 1 fully saturated rings. The van der Waals surface area contributed by atoms with Gasteiger partial charge in [-0.3, -0.25) is 4.90 Å². The van der Waals surface area contributed by atoms with Crippen molar-refractivity contribution in [2.24, 2.45) is 0 Å². The molecule has 0 aliphatic heterocycles. The first-order valence-corrected chi connectivity index (χ1v) is 8.78. The minimum Gasteiger partial charge on any atom is -0.491 e. The zero-order valence-electron chi connectivity index (χ0n) is 14.6. The Hall–Kier alpha value is -1.84. The third kappa shape index (κ3) is 4.83. The van der Waals surface area contributed by atoms with E-state index in [9.17, 15) is 5.11 Å². The van der Waals surface area contributed by atoms with E-state index < -0.39 is 6.10 Å². The number of benzene rings is 2. The summed E-state index contributed by atoms with van der Waals surface area (Å²) in [5.41, 5.74) is 3.98. The zero-order chi connectivity index (χ0) is 16.9. The molecule has 1 saturated carbocycles. The molecule has 0 heterocycles. The first kappa shape index (κ1) is 17.0.